The summed E-state index contributed by atoms with van der Waals surface area (Å²) < 4.78 is 18.2. The summed E-state index contributed by atoms with van der Waals surface area (Å²) in [5.74, 6) is -0.219. The maximum Gasteiger partial charge on any atom is 0.261 e. The molecule has 1 aliphatic rings. The van der Waals surface area contributed by atoms with Gasteiger partial charge in [0.1, 0.15) is 0 Å². The second kappa shape index (κ2) is 8.58. The molecule has 28 heavy (non-hydrogen) atoms. The van der Waals surface area contributed by atoms with Crippen LogP contribution in [0, 0.1) is 17.2 Å². The fourth-order valence-electron chi connectivity index (χ4n) is 4.12. The van der Waals surface area contributed by atoms with Gasteiger partial charge < -0.3 is 13.9 Å². The van der Waals surface area contributed by atoms with Crippen molar-refractivity contribution in [1.82, 2.24) is 0 Å². The quantitative estimate of drug-likeness (QED) is 0.703. The molecule has 2 aromatic carbocycles. The highest BCUT2D eigenvalue weighted by Crippen LogP contribution is 2.38. The Hall–Kier alpha value is -1.97. The molecular formula is C23H29NO3Si. The van der Waals surface area contributed by atoms with Gasteiger partial charge in [-0.25, -0.2) is 0 Å². The molecule has 0 radical (unpaired) electrons. The molecule has 0 saturated carbocycles. The van der Waals surface area contributed by atoms with Gasteiger partial charge in [0.05, 0.1) is 24.7 Å². The molecule has 0 amide bonds. The van der Waals surface area contributed by atoms with Crippen molar-refractivity contribution in [2.75, 3.05) is 13.7 Å². The van der Waals surface area contributed by atoms with Gasteiger partial charge in [0.2, 0.25) is 0 Å². The van der Waals surface area contributed by atoms with Gasteiger partial charge in [-0.3, -0.25) is 0 Å². The SMILES string of the molecule is COC1C[C@H](C#N)[C@@H](CO[Si](c2ccccc2)(c2ccccc2)C(C)(C)C)O1. The average molecular weight is 396 g/mol. The molecule has 1 aliphatic heterocycles. The van der Waals surface area contributed by atoms with Gasteiger partial charge in [0.15, 0.2) is 6.29 Å². The first kappa shape index (κ1) is 20.8. The van der Waals surface area contributed by atoms with E-state index in [0.717, 1.165) is 0 Å². The summed E-state index contributed by atoms with van der Waals surface area (Å²) in [6.45, 7) is 7.11. The van der Waals surface area contributed by atoms with Crippen LogP contribution in [0.15, 0.2) is 60.7 Å². The molecular weight excluding hydrogens is 366 g/mol. The number of ether oxygens (including phenoxy) is 2. The number of methoxy groups -OCH3 is 1. The highest BCUT2D eigenvalue weighted by molar-refractivity contribution is 6.99. The van der Waals surface area contributed by atoms with E-state index in [0.29, 0.717) is 13.0 Å². The van der Waals surface area contributed by atoms with Gasteiger partial charge in [-0.05, 0) is 15.4 Å². The zero-order valence-electron chi connectivity index (χ0n) is 17.1. The van der Waals surface area contributed by atoms with E-state index in [-0.39, 0.29) is 23.4 Å². The maximum atomic E-state index is 9.54. The van der Waals surface area contributed by atoms with Crippen LogP contribution in [-0.2, 0) is 13.9 Å². The lowest BCUT2D eigenvalue weighted by Crippen LogP contribution is -2.67. The molecule has 0 bridgehead atoms. The molecule has 1 fully saturated rings. The topological polar surface area (TPSA) is 51.5 Å². The first-order valence-electron chi connectivity index (χ1n) is 9.75. The van der Waals surface area contributed by atoms with Gasteiger partial charge in [0.25, 0.3) is 8.32 Å². The fourth-order valence-corrected chi connectivity index (χ4v) is 8.69. The van der Waals surface area contributed by atoms with E-state index >= 15 is 0 Å². The largest absolute Gasteiger partial charge is 0.405 e. The summed E-state index contributed by atoms with van der Waals surface area (Å²) in [5, 5.41) is 11.9. The third-order valence-electron chi connectivity index (χ3n) is 5.53. The highest BCUT2D eigenvalue weighted by Gasteiger charge is 2.51. The van der Waals surface area contributed by atoms with Crippen LogP contribution in [0.25, 0.3) is 0 Å². The lowest BCUT2D eigenvalue weighted by atomic mass is 10.0. The monoisotopic (exact) mass is 395 g/mol. The van der Waals surface area contributed by atoms with Crippen molar-refractivity contribution in [3.63, 3.8) is 0 Å². The number of nitrogens with zero attached hydrogens (tertiary/aromatic N) is 1. The van der Waals surface area contributed by atoms with Crippen LogP contribution in [-0.4, -0.2) is 34.4 Å². The van der Waals surface area contributed by atoms with Crippen LogP contribution in [0.2, 0.25) is 5.04 Å². The van der Waals surface area contributed by atoms with E-state index in [1.807, 2.05) is 12.1 Å². The second-order valence-corrected chi connectivity index (χ2v) is 12.6. The Balaban J connectivity index is 2.01. The summed E-state index contributed by atoms with van der Waals surface area (Å²) >= 11 is 0. The molecule has 0 aromatic heterocycles. The predicted octanol–water partition coefficient (Wildman–Crippen LogP) is 3.46. The van der Waals surface area contributed by atoms with E-state index in [2.05, 4.69) is 75.4 Å². The van der Waals surface area contributed by atoms with Crippen molar-refractivity contribution in [3.05, 3.63) is 60.7 Å². The first-order chi connectivity index (χ1) is 13.4. The van der Waals surface area contributed by atoms with E-state index in [1.54, 1.807) is 7.11 Å². The van der Waals surface area contributed by atoms with Gasteiger partial charge in [0, 0.05) is 13.5 Å². The Morgan fingerprint density at radius 3 is 2.00 bits per heavy atom. The molecule has 2 aromatic rings. The molecule has 3 rings (SSSR count). The van der Waals surface area contributed by atoms with Crippen LogP contribution >= 0.6 is 0 Å². The molecule has 0 N–H and O–H groups in total. The molecule has 1 heterocycles. The molecule has 1 saturated heterocycles. The van der Waals surface area contributed by atoms with Crippen LogP contribution in [0.5, 0.6) is 0 Å². The van der Waals surface area contributed by atoms with E-state index in [4.69, 9.17) is 13.9 Å². The van der Waals surface area contributed by atoms with E-state index in [9.17, 15) is 5.26 Å². The van der Waals surface area contributed by atoms with Crippen molar-refractivity contribution in [2.45, 2.75) is 44.6 Å². The lowest BCUT2D eigenvalue weighted by Gasteiger charge is -2.43. The Morgan fingerprint density at radius 2 is 1.57 bits per heavy atom. The Kier molecular flexibility index (Phi) is 6.36. The van der Waals surface area contributed by atoms with Gasteiger partial charge in [-0.15, -0.1) is 0 Å². The minimum atomic E-state index is -2.62. The average Bonchev–Trinajstić information content (AvgIpc) is 3.11. The highest BCUT2D eigenvalue weighted by atomic mass is 28.4. The number of rotatable bonds is 6. The van der Waals surface area contributed by atoms with Crippen LogP contribution in [0.4, 0.5) is 0 Å². The molecule has 5 heteroatoms. The third kappa shape index (κ3) is 3.92. The number of nitriles is 1. The summed E-state index contributed by atoms with van der Waals surface area (Å²) in [6, 6.07) is 23.4. The molecule has 3 atom stereocenters. The van der Waals surface area contributed by atoms with Crippen molar-refractivity contribution in [2.24, 2.45) is 5.92 Å². The normalized spacial score (nSPS) is 22.8. The van der Waals surface area contributed by atoms with E-state index in [1.165, 1.54) is 10.4 Å². The third-order valence-corrected chi connectivity index (χ3v) is 10.5. The molecule has 4 nitrogen and oxygen atoms in total. The van der Waals surface area contributed by atoms with Crippen LogP contribution in [0.3, 0.4) is 0 Å². The summed E-state index contributed by atoms with van der Waals surface area (Å²) in [4.78, 5) is 0. The number of benzene rings is 2. The zero-order valence-corrected chi connectivity index (χ0v) is 18.1. The summed E-state index contributed by atoms with van der Waals surface area (Å²) in [5.41, 5.74) is 0. The van der Waals surface area contributed by atoms with Crippen molar-refractivity contribution < 1.29 is 13.9 Å². The first-order valence-corrected chi connectivity index (χ1v) is 11.7. The minimum Gasteiger partial charge on any atom is -0.405 e. The van der Waals surface area contributed by atoms with Crippen molar-refractivity contribution in [1.29, 1.82) is 5.26 Å². The smallest absolute Gasteiger partial charge is 0.261 e. The molecule has 0 spiro atoms. The van der Waals surface area contributed by atoms with Crippen molar-refractivity contribution in [3.8, 4) is 6.07 Å². The van der Waals surface area contributed by atoms with Crippen LogP contribution < -0.4 is 10.4 Å². The standard InChI is InChI=1S/C23H29NO3Si/c1-23(2,3)28(19-11-7-5-8-12-19,20-13-9-6-10-14-20)26-17-21-18(16-24)15-22(25-4)27-21/h5-14,18,21-22H,15,17H2,1-4H3/t18-,21-,22?/m1/s1. The van der Waals surface area contributed by atoms with Gasteiger partial charge in [-0.2, -0.15) is 5.26 Å². The Labute approximate surface area is 169 Å². The summed E-state index contributed by atoms with van der Waals surface area (Å²) in [7, 11) is -1.01. The number of hydrogen-bond donors (Lipinski definition) is 0. The fraction of sp³-hybridized carbons (Fsp3) is 0.435. The molecule has 0 aliphatic carbocycles. The lowest BCUT2D eigenvalue weighted by molar-refractivity contribution is -0.122. The summed E-state index contributed by atoms with van der Waals surface area (Å²) in [6.07, 6.45) is -0.0316. The van der Waals surface area contributed by atoms with E-state index < -0.39 is 8.32 Å². The second-order valence-electron chi connectivity index (χ2n) is 8.29. The van der Waals surface area contributed by atoms with Crippen molar-refractivity contribution >= 4 is 18.7 Å². The minimum absolute atomic E-state index is 0.100. The van der Waals surface area contributed by atoms with Crippen LogP contribution in [0.1, 0.15) is 27.2 Å². The van der Waals surface area contributed by atoms with Gasteiger partial charge >= 0.3 is 0 Å². The predicted molar refractivity (Wildman–Crippen MR) is 113 cm³/mol. The number of hydrogen-bond acceptors (Lipinski definition) is 4. The Morgan fingerprint density at radius 1 is 1.04 bits per heavy atom. The Bertz CT molecular complexity index is 759. The van der Waals surface area contributed by atoms with Gasteiger partial charge in [-0.1, -0.05) is 81.4 Å². The molecule has 1 unspecified atom stereocenters. The zero-order chi connectivity index (χ0) is 20.2. The maximum absolute atomic E-state index is 9.54. The molecule has 148 valence electrons.